The molecule has 1 unspecified atom stereocenters. The summed E-state index contributed by atoms with van der Waals surface area (Å²) >= 11 is 0. The van der Waals surface area contributed by atoms with Gasteiger partial charge in [0.1, 0.15) is 6.04 Å². The number of likely N-dealkylation sites (N-methyl/N-ethyl adjacent to an activating group) is 1. The Morgan fingerprint density at radius 3 is 1.94 bits per heavy atom. The minimum absolute atomic E-state index is 0.0535. The number of carbonyl (C=O) groups is 3. The summed E-state index contributed by atoms with van der Waals surface area (Å²) in [5, 5.41) is 6.11. The van der Waals surface area contributed by atoms with Gasteiger partial charge in [-0.25, -0.2) is 0 Å². The maximum atomic E-state index is 13.5. The van der Waals surface area contributed by atoms with Crippen LogP contribution in [-0.2, 0) is 14.4 Å². The van der Waals surface area contributed by atoms with Crippen molar-refractivity contribution in [3.63, 3.8) is 0 Å². The van der Waals surface area contributed by atoms with Crippen molar-refractivity contribution in [1.29, 1.82) is 0 Å². The number of aryl methyl sites for hydroxylation is 3. The third kappa shape index (κ3) is 4.87. The molecule has 0 spiro atoms. The van der Waals surface area contributed by atoms with Crippen molar-refractivity contribution in [2.45, 2.75) is 79.2 Å². The van der Waals surface area contributed by atoms with Gasteiger partial charge in [-0.1, -0.05) is 31.5 Å². The van der Waals surface area contributed by atoms with Crippen LogP contribution < -0.4 is 10.6 Å². The molecule has 1 aromatic rings. The molecule has 34 heavy (non-hydrogen) atoms. The van der Waals surface area contributed by atoms with Crippen LogP contribution in [-0.4, -0.2) is 42.3 Å². The van der Waals surface area contributed by atoms with Gasteiger partial charge in [0.2, 0.25) is 17.7 Å². The van der Waals surface area contributed by atoms with Gasteiger partial charge in [-0.05, 0) is 94.1 Å². The number of nitrogens with zero attached hydrogens (tertiary/aromatic N) is 1. The van der Waals surface area contributed by atoms with Crippen LogP contribution in [0.1, 0.15) is 69.1 Å². The molecule has 2 N–H and O–H groups in total. The molecule has 4 fully saturated rings. The van der Waals surface area contributed by atoms with Crippen LogP contribution in [0.3, 0.4) is 0 Å². The maximum absolute atomic E-state index is 13.5. The van der Waals surface area contributed by atoms with Crippen LogP contribution in [0.4, 0.5) is 5.69 Å². The van der Waals surface area contributed by atoms with Crippen molar-refractivity contribution in [3.05, 3.63) is 28.8 Å². The van der Waals surface area contributed by atoms with Gasteiger partial charge in [-0.2, -0.15) is 0 Å². The molecule has 3 amide bonds. The van der Waals surface area contributed by atoms with Crippen molar-refractivity contribution in [2.75, 3.05) is 18.9 Å². The number of rotatable bonds is 7. The Morgan fingerprint density at radius 2 is 1.47 bits per heavy atom. The first-order valence-corrected chi connectivity index (χ1v) is 12.9. The molecule has 4 saturated carbocycles. The van der Waals surface area contributed by atoms with Crippen molar-refractivity contribution in [3.8, 4) is 0 Å². The van der Waals surface area contributed by atoms with E-state index in [-0.39, 0.29) is 35.6 Å². The zero-order chi connectivity index (χ0) is 24.8. The number of carbonyl (C=O) groups excluding carboxylic acids is 3. The van der Waals surface area contributed by atoms with E-state index < -0.39 is 6.04 Å². The summed E-state index contributed by atoms with van der Waals surface area (Å²) < 4.78 is 0. The van der Waals surface area contributed by atoms with E-state index in [0.29, 0.717) is 17.8 Å². The third-order valence-corrected chi connectivity index (χ3v) is 8.44. The average Bonchev–Trinajstić information content (AvgIpc) is 2.72. The Morgan fingerprint density at radius 1 is 0.971 bits per heavy atom. The summed E-state index contributed by atoms with van der Waals surface area (Å²) in [4.78, 5) is 41.1. The van der Waals surface area contributed by atoms with E-state index in [4.69, 9.17) is 0 Å². The van der Waals surface area contributed by atoms with Crippen LogP contribution in [0.25, 0.3) is 0 Å². The lowest BCUT2D eigenvalue weighted by atomic mass is 9.49. The van der Waals surface area contributed by atoms with Crippen molar-refractivity contribution < 1.29 is 14.4 Å². The molecule has 186 valence electrons. The Labute approximate surface area is 204 Å². The molecule has 0 saturated heterocycles. The van der Waals surface area contributed by atoms with Crippen molar-refractivity contribution >= 4 is 23.4 Å². The van der Waals surface area contributed by atoms with Crippen LogP contribution in [0.15, 0.2) is 12.1 Å². The smallest absolute Gasteiger partial charge is 0.245 e. The van der Waals surface area contributed by atoms with E-state index in [2.05, 4.69) is 10.6 Å². The Kier molecular flexibility index (Phi) is 6.80. The molecule has 1 aromatic carbocycles. The first-order chi connectivity index (χ1) is 16.0. The highest BCUT2D eigenvalue weighted by Gasteiger charge is 2.55. The predicted octanol–water partition coefficient (Wildman–Crippen LogP) is 4.37. The molecule has 0 aromatic heterocycles. The SMILES string of the molecule is Cc1cc(C)c(NC(=O)CN(C)C(=O)C(NC(=O)C23CC4CC(CC(C4)C2)C3)C(C)C)c(C)c1. The normalized spacial score (nSPS) is 28.0. The standard InChI is InChI=1S/C28H41N3O3/c1-16(2)24(30-27(34)28-12-20-9-21(13-28)11-22(10-20)14-28)26(33)31(6)15-23(32)29-25-18(4)7-17(3)8-19(25)5/h7-8,16,20-22,24H,9-15H2,1-6H3,(H,29,32)(H,30,34). The fourth-order valence-corrected chi connectivity index (χ4v) is 7.28. The first kappa shape index (κ1) is 24.7. The Hall–Kier alpha value is -2.37. The van der Waals surface area contributed by atoms with Gasteiger partial charge in [0, 0.05) is 18.2 Å². The Balaban J connectivity index is 1.40. The van der Waals surface area contributed by atoms with Gasteiger partial charge >= 0.3 is 0 Å². The molecule has 4 aliphatic carbocycles. The number of benzene rings is 1. The summed E-state index contributed by atoms with van der Waals surface area (Å²) in [5.41, 5.74) is 3.66. The van der Waals surface area contributed by atoms with E-state index in [1.165, 1.54) is 24.2 Å². The van der Waals surface area contributed by atoms with Crippen LogP contribution in [0, 0.1) is 49.9 Å². The molecule has 4 aliphatic rings. The van der Waals surface area contributed by atoms with Gasteiger partial charge in [0.05, 0.1) is 6.54 Å². The average molecular weight is 468 g/mol. The maximum Gasteiger partial charge on any atom is 0.245 e. The lowest BCUT2D eigenvalue weighted by molar-refractivity contribution is -0.150. The van der Waals surface area contributed by atoms with Gasteiger partial charge in [0.25, 0.3) is 0 Å². The highest BCUT2D eigenvalue weighted by atomic mass is 16.2. The number of nitrogens with one attached hydrogen (secondary N) is 2. The number of hydrogen-bond acceptors (Lipinski definition) is 3. The van der Waals surface area contributed by atoms with Gasteiger partial charge in [-0.3, -0.25) is 14.4 Å². The minimum atomic E-state index is -0.624. The second-order valence-electron chi connectivity index (χ2n) is 11.9. The van der Waals surface area contributed by atoms with Crippen molar-refractivity contribution in [1.82, 2.24) is 10.2 Å². The highest BCUT2D eigenvalue weighted by Crippen LogP contribution is 2.60. The lowest BCUT2D eigenvalue weighted by Crippen LogP contribution is -2.58. The fraction of sp³-hybridized carbons (Fsp3) is 0.679. The molecule has 5 rings (SSSR count). The number of amides is 3. The van der Waals surface area contributed by atoms with E-state index in [0.717, 1.165) is 41.6 Å². The van der Waals surface area contributed by atoms with Crippen LogP contribution >= 0.6 is 0 Å². The van der Waals surface area contributed by atoms with Crippen molar-refractivity contribution in [2.24, 2.45) is 29.1 Å². The second kappa shape index (κ2) is 9.35. The minimum Gasteiger partial charge on any atom is -0.344 e. The zero-order valence-corrected chi connectivity index (χ0v) is 21.7. The van der Waals surface area contributed by atoms with E-state index >= 15 is 0 Å². The monoisotopic (exact) mass is 467 g/mol. The molecule has 0 aliphatic heterocycles. The fourth-order valence-electron chi connectivity index (χ4n) is 7.28. The van der Waals surface area contributed by atoms with Gasteiger partial charge in [0.15, 0.2) is 0 Å². The molecular formula is C28H41N3O3. The molecule has 0 heterocycles. The summed E-state index contributed by atoms with van der Waals surface area (Å²) in [7, 11) is 1.64. The molecule has 6 nitrogen and oxygen atoms in total. The molecule has 6 heteroatoms. The quantitative estimate of drug-likeness (QED) is 0.625. The molecule has 0 radical (unpaired) electrons. The van der Waals surface area contributed by atoms with Crippen LogP contribution in [0.2, 0.25) is 0 Å². The number of anilines is 1. The predicted molar refractivity (Wildman–Crippen MR) is 134 cm³/mol. The van der Waals surface area contributed by atoms with Crippen LogP contribution in [0.5, 0.6) is 0 Å². The van der Waals surface area contributed by atoms with Gasteiger partial charge < -0.3 is 15.5 Å². The molecule has 4 bridgehead atoms. The Bertz CT molecular complexity index is 925. The number of hydrogen-bond donors (Lipinski definition) is 2. The summed E-state index contributed by atoms with van der Waals surface area (Å²) in [5.74, 6) is 1.57. The van der Waals surface area contributed by atoms with E-state index in [9.17, 15) is 14.4 Å². The van der Waals surface area contributed by atoms with E-state index in [1.54, 1.807) is 7.05 Å². The van der Waals surface area contributed by atoms with E-state index in [1.807, 2.05) is 46.8 Å². The largest absolute Gasteiger partial charge is 0.344 e. The summed E-state index contributed by atoms with van der Waals surface area (Å²) in [6.45, 7) is 9.83. The topological polar surface area (TPSA) is 78.5 Å². The summed E-state index contributed by atoms with van der Waals surface area (Å²) in [6.07, 6.45) is 6.73. The lowest BCUT2D eigenvalue weighted by Gasteiger charge is -2.56. The first-order valence-electron chi connectivity index (χ1n) is 12.9. The molecular weight excluding hydrogens is 426 g/mol. The zero-order valence-electron chi connectivity index (χ0n) is 21.7. The molecule has 1 atom stereocenters. The highest BCUT2D eigenvalue weighted by molar-refractivity contribution is 5.97. The van der Waals surface area contributed by atoms with Gasteiger partial charge in [-0.15, -0.1) is 0 Å². The summed E-state index contributed by atoms with van der Waals surface area (Å²) in [6, 6.07) is 3.44. The second-order valence-corrected chi connectivity index (χ2v) is 11.9. The third-order valence-electron chi connectivity index (χ3n) is 8.44.